The Morgan fingerprint density at radius 3 is 2.62 bits per heavy atom. The van der Waals surface area contributed by atoms with E-state index in [2.05, 4.69) is 17.3 Å². The second-order valence-corrected chi connectivity index (χ2v) is 7.27. The number of likely N-dealkylation sites (tertiary alicyclic amines) is 1. The highest BCUT2D eigenvalue weighted by Crippen LogP contribution is 2.33. The second-order valence-electron chi connectivity index (χ2n) is 6.05. The molecular weight excluding hydrogens is 290 g/mol. The molecule has 0 aliphatic carbocycles. The maximum atomic E-state index is 13.5. The number of rotatable bonds is 3. The van der Waals surface area contributed by atoms with Gasteiger partial charge in [0.1, 0.15) is 0 Å². The first kappa shape index (κ1) is 15.3. The lowest BCUT2D eigenvalue weighted by atomic mass is 9.98. The van der Waals surface area contributed by atoms with Crippen molar-refractivity contribution in [2.45, 2.75) is 37.4 Å². The van der Waals surface area contributed by atoms with Crippen molar-refractivity contribution >= 4 is 11.8 Å². The first-order valence-corrected chi connectivity index (χ1v) is 8.79. The fourth-order valence-electron chi connectivity index (χ4n) is 3.47. The summed E-state index contributed by atoms with van der Waals surface area (Å²) in [5, 5.41) is 3.76. The summed E-state index contributed by atoms with van der Waals surface area (Å²) in [6, 6.07) is 5.34. The van der Waals surface area contributed by atoms with E-state index in [1.165, 1.54) is 36.5 Å². The predicted octanol–water partition coefficient (Wildman–Crippen LogP) is 3.20. The van der Waals surface area contributed by atoms with Gasteiger partial charge in [-0.15, -0.1) is 0 Å². The van der Waals surface area contributed by atoms with Crippen LogP contribution in [0.15, 0.2) is 18.2 Å². The third-order valence-corrected chi connectivity index (χ3v) is 5.65. The maximum Gasteiger partial charge on any atom is 0.159 e. The Morgan fingerprint density at radius 2 is 1.90 bits per heavy atom. The monoisotopic (exact) mass is 312 g/mol. The van der Waals surface area contributed by atoms with E-state index >= 15 is 0 Å². The third-order valence-electron chi connectivity index (χ3n) is 4.61. The molecule has 0 unspecified atom stereocenters. The van der Waals surface area contributed by atoms with Crippen molar-refractivity contribution in [2.75, 3.05) is 25.1 Å². The number of hydrogen-bond acceptors (Lipinski definition) is 3. The Balaban J connectivity index is 1.75. The molecule has 0 aromatic heterocycles. The first-order valence-electron chi connectivity index (χ1n) is 7.64. The van der Waals surface area contributed by atoms with E-state index in [9.17, 15) is 8.78 Å². The van der Waals surface area contributed by atoms with Gasteiger partial charge < -0.3 is 5.32 Å². The van der Waals surface area contributed by atoms with Crippen LogP contribution in [0.25, 0.3) is 0 Å². The zero-order valence-corrected chi connectivity index (χ0v) is 13.1. The van der Waals surface area contributed by atoms with Crippen molar-refractivity contribution in [3.63, 3.8) is 0 Å². The van der Waals surface area contributed by atoms with Crippen LogP contribution in [-0.2, 0) is 0 Å². The molecule has 5 heteroatoms. The summed E-state index contributed by atoms with van der Waals surface area (Å²) in [5.74, 6) is 0.917. The third kappa shape index (κ3) is 3.41. The molecule has 3 rings (SSSR count). The molecule has 0 amide bonds. The van der Waals surface area contributed by atoms with Crippen LogP contribution in [0, 0.1) is 11.6 Å². The molecule has 2 aliphatic rings. The smallest absolute Gasteiger partial charge is 0.159 e. The summed E-state index contributed by atoms with van der Waals surface area (Å²) in [5.41, 5.74) is 0.872. The Morgan fingerprint density at radius 1 is 1.14 bits per heavy atom. The molecule has 0 radical (unpaired) electrons. The summed E-state index contributed by atoms with van der Waals surface area (Å²) in [7, 11) is 2.06. The Bertz CT molecular complexity index is 491. The van der Waals surface area contributed by atoms with E-state index in [4.69, 9.17) is 0 Å². The molecule has 2 heterocycles. The molecule has 2 saturated heterocycles. The molecule has 0 spiro atoms. The Kier molecular flexibility index (Phi) is 4.82. The van der Waals surface area contributed by atoms with E-state index in [-0.39, 0.29) is 6.04 Å². The van der Waals surface area contributed by atoms with Gasteiger partial charge in [0.05, 0.1) is 0 Å². The fourth-order valence-corrected chi connectivity index (χ4v) is 4.58. The lowest BCUT2D eigenvalue weighted by Gasteiger charge is -2.31. The number of benzene rings is 1. The topological polar surface area (TPSA) is 15.3 Å². The van der Waals surface area contributed by atoms with Crippen molar-refractivity contribution in [2.24, 2.45) is 0 Å². The summed E-state index contributed by atoms with van der Waals surface area (Å²) in [6.07, 6.45) is 3.47. The van der Waals surface area contributed by atoms with Gasteiger partial charge in [-0.05, 0) is 55.5 Å². The van der Waals surface area contributed by atoms with Crippen LogP contribution in [0.2, 0.25) is 0 Å². The van der Waals surface area contributed by atoms with Gasteiger partial charge in [-0.25, -0.2) is 8.78 Å². The van der Waals surface area contributed by atoms with Gasteiger partial charge in [-0.3, -0.25) is 4.90 Å². The van der Waals surface area contributed by atoms with Crippen LogP contribution in [0.1, 0.15) is 30.9 Å². The van der Waals surface area contributed by atoms with Gasteiger partial charge in [0.2, 0.25) is 0 Å². The first-order chi connectivity index (χ1) is 10.1. The second kappa shape index (κ2) is 6.63. The number of halogens is 2. The van der Waals surface area contributed by atoms with Crippen LogP contribution in [0.4, 0.5) is 8.78 Å². The van der Waals surface area contributed by atoms with E-state index in [0.29, 0.717) is 12.1 Å². The van der Waals surface area contributed by atoms with E-state index in [1.807, 2.05) is 11.8 Å². The molecule has 2 atom stereocenters. The van der Waals surface area contributed by atoms with E-state index in [1.54, 1.807) is 6.07 Å². The highest BCUT2D eigenvalue weighted by atomic mass is 32.2. The van der Waals surface area contributed by atoms with Crippen molar-refractivity contribution in [3.05, 3.63) is 35.4 Å². The molecule has 1 aromatic carbocycles. The highest BCUT2D eigenvalue weighted by Gasteiger charge is 2.34. The van der Waals surface area contributed by atoms with Crippen molar-refractivity contribution in [1.29, 1.82) is 0 Å². The largest absolute Gasteiger partial charge is 0.309 e. The molecule has 1 N–H and O–H groups in total. The molecule has 2 fully saturated rings. The molecule has 2 aliphatic heterocycles. The minimum atomic E-state index is -0.770. The van der Waals surface area contributed by atoms with Crippen LogP contribution >= 0.6 is 11.8 Å². The lowest BCUT2D eigenvalue weighted by molar-refractivity contribution is 0.271. The zero-order valence-electron chi connectivity index (χ0n) is 12.3. The van der Waals surface area contributed by atoms with E-state index < -0.39 is 11.6 Å². The van der Waals surface area contributed by atoms with Gasteiger partial charge >= 0.3 is 0 Å². The van der Waals surface area contributed by atoms with Crippen molar-refractivity contribution in [3.8, 4) is 0 Å². The molecule has 0 saturated carbocycles. The summed E-state index contributed by atoms with van der Waals surface area (Å²) >= 11 is 2.02. The average molecular weight is 312 g/mol. The Hall–Kier alpha value is -0.650. The molecule has 116 valence electrons. The summed E-state index contributed by atoms with van der Waals surface area (Å²) < 4.78 is 26.7. The van der Waals surface area contributed by atoms with Gasteiger partial charge in [0.15, 0.2) is 11.6 Å². The minimum absolute atomic E-state index is 0.134. The summed E-state index contributed by atoms with van der Waals surface area (Å²) in [6.45, 7) is 0.989. The van der Waals surface area contributed by atoms with Gasteiger partial charge in [-0.2, -0.15) is 11.8 Å². The minimum Gasteiger partial charge on any atom is -0.309 e. The maximum absolute atomic E-state index is 13.5. The van der Waals surface area contributed by atoms with Crippen LogP contribution in [0.5, 0.6) is 0 Å². The standard InChI is InChI=1S/C16H22F2N2S/c1-20-7-4-15(19-12-5-8-21-9-6-12)16(20)11-2-3-13(17)14(18)10-11/h2-3,10,12,15-16,19H,4-9H2,1H3/t15-,16+/m0/s1. The predicted molar refractivity (Wildman–Crippen MR) is 83.6 cm³/mol. The number of thioether (sulfide) groups is 1. The Labute approximate surface area is 129 Å². The van der Waals surface area contributed by atoms with Crippen molar-refractivity contribution in [1.82, 2.24) is 10.2 Å². The molecule has 1 aromatic rings. The SMILES string of the molecule is CN1CC[C@H](NC2CCSCC2)[C@H]1c1ccc(F)c(F)c1. The van der Waals surface area contributed by atoms with Gasteiger partial charge in [0.25, 0.3) is 0 Å². The van der Waals surface area contributed by atoms with E-state index in [0.717, 1.165) is 18.5 Å². The quantitative estimate of drug-likeness (QED) is 0.923. The molecule has 0 bridgehead atoms. The average Bonchev–Trinajstić information content (AvgIpc) is 2.84. The fraction of sp³-hybridized carbons (Fsp3) is 0.625. The molecule has 2 nitrogen and oxygen atoms in total. The molecular formula is C16H22F2N2S. The lowest BCUT2D eigenvalue weighted by Crippen LogP contribution is -2.43. The number of nitrogens with one attached hydrogen (secondary N) is 1. The normalized spacial score (nSPS) is 28.1. The number of nitrogens with zero attached hydrogens (tertiary/aromatic N) is 1. The molecule has 21 heavy (non-hydrogen) atoms. The van der Waals surface area contributed by atoms with Crippen LogP contribution in [0.3, 0.4) is 0 Å². The number of likely N-dealkylation sites (N-methyl/N-ethyl adjacent to an activating group) is 1. The van der Waals surface area contributed by atoms with Crippen LogP contribution < -0.4 is 5.32 Å². The number of hydrogen-bond donors (Lipinski definition) is 1. The van der Waals surface area contributed by atoms with Crippen molar-refractivity contribution < 1.29 is 8.78 Å². The summed E-state index contributed by atoms with van der Waals surface area (Å²) in [4.78, 5) is 2.24. The van der Waals surface area contributed by atoms with Gasteiger partial charge in [-0.1, -0.05) is 6.07 Å². The van der Waals surface area contributed by atoms with Gasteiger partial charge in [0, 0.05) is 24.7 Å². The van der Waals surface area contributed by atoms with Crippen LogP contribution in [-0.4, -0.2) is 42.1 Å². The zero-order chi connectivity index (χ0) is 14.8. The highest BCUT2D eigenvalue weighted by molar-refractivity contribution is 7.99.